The monoisotopic (exact) mass is 342 g/mol. The highest BCUT2D eigenvalue weighted by Gasteiger charge is 2.28. The number of ketones is 1. The smallest absolute Gasteiger partial charge is 0.230 e. The number of halogens is 1. The van der Waals surface area contributed by atoms with Gasteiger partial charge < -0.3 is 11.1 Å². The third kappa shape index (κ3) is 5.63. The van der Waals surface area contributed by atoms with Gasteiger partial charge in [0.2, 0.25) is 5.91 Å². The van der Waals surface area contributed by atoms with E-state index >= 15 is 0 Å². The van der Waals surface area contributed by atoms with E-state index in [0.717, 1.165) is 0 Å². The largest absolute Gasteiger partial charge is 0.349 e. The number of nitrogens with two attached hydrogens (primary N) is 1. The van der Waals surface area contributed by atoms with Crippen molar-refractivity contribution >= 4 is 35.1 Å². The summed E-state index contributed by atoms with van der Waals surface area (Å²) in [5, 5.41) is 3.55. The zero-order valence-electron chi connectivity index (χ0n) is 13.2. The Balaban J connectivity index is 2.42. The van der Waals surface area contributed by atoms with Crippen molar-refractivity contribution in [2.75, 3.05) is 18.1 Å². The Morgan fingerprint density at radius 1 is 1.27 bits per heavy atom. The van der Waals surface area contributed by atoms with Gasteiger partial charge in [-0.05, 0) is 37.1 Å². The van der Waals surface area contributed by atoms with Crippen LogP contribution in [0.25, 0.3) is 0 Å². The molecule has 1 amide bonds. The highest BCUT2D eigenvalue weighted by atomic mass is 35.5. The number of Topliss-reactive ketones (excluding diaryl/α,β-unsaturated/α-hetero) is 1. The first-order valence-electron chi connectivity index (χ1n) is 7.16. The standard InChI is InChI=1S/C16H23ClN2O2S/c1-11(2)16(3,10-18)19-15(21)9-22-8-14(20)12-4-6-13(17)7-5-12/h4-7,11H,8-10,18H2,1-3H3,(H,19,21). The Hall–Kier alpha value is -1.04. The molecule has 1 unspecified atom stereocenters. The molecule has 1 aromatic rings. The molecule has 4 nitrogen and oxygen atoms in total. The molecule has 0 spiro atoms. The fourth-order valence-corrected chi connectivity index (χ4v) is 2.58. The molecule has 1 aromatic carbocycles. The van der Waals surface area contributed by atoms with Gasteiger partial charge in [0.1, 0.15) is 0 Å². The number of carbonyl (C=O) groups is 2. The molecule has 3 N–H and O–H groups in total. The normalized spacial score (nSPS) is 13.7. The molecule has 0 bridgehead atoms. The van der Waals surface area contributed by atoms with Gasteiger partial charge in [-0.2, -0.15) is 0 Å². The maximum absolute atomic E-state index is 12.0. The van der Waals surface area contributed by atoms with Crippen molar-refractivity contribution in [3.05, 3.63) is 34.9 Å². The summed E-state index contributed by atoms with van der Waals surface area (Å²) in [5.41, 5.74) is 5.92. The number of nitrogens with one attached hydrogen (secondary N) is 1. The van der Waals surface area contributed by atoms with Gasteiger partial charge in [-0.15, -0.1) is 11.8 Å². The molecular formula is C16H23ClN2O2S. The van der Waals surface area contributed by atoms with E-state index in [1.165, 1.54) is 11.8 Å². The predicted molar refractivity (Wildman–Crippen MR) is 93.5 cm³/mol. The van der Waals surface area contributed by atoms with Crippen molar-refractivity contribution < 1.29 is 9.59 Å². The minimum absolute atomic E-state index is 0.0140. The van der Waals surface area contributed by atoms with Gasteiger partial charge in [0.05, 0.1) is 17.0 Å². The molecule has 0 fully saturated rings. The molecule has 122 valence electrons. The van der Waals surface area contributed by atoms with E-state index in [9.17, 15) is 9.59 Å². The van der Waals surface area contributed by atoms with Crippen LogP contribution >= 0.6 is 23.4 Å². The van der Waals surface area contributed by atoms with Crippen LogP contribution in [0, 0.1) is 5.92 Å². The Labute approximate surface area is 141 Å². The molecule has 0 aliphatic rings. The molecule has 1 atom stereocenters. The molecule has 0 aliphatic heterocycles. The Morgan fingerprint density at radius 2 is 1.86 bits per heavy atom. The minimum Gasteiger partial charge on any atom is -0.349 e. The van der Waals surface area contributed by atoms with Crippen molar-refractivity contribution in [3.63, 3.8) is 0 Å². The second kappa shape index (κ2) is 8.56. The van der Waals surface area contributed by atoms with Crippen molar-refractivity contribution in [2.45, 2.75) is 26.3 Å². The summed E-state index contributed by atoms with van der Waals surface area (Å²) in [7, 11) is 0. The average Bonchev–Trinajstić information content (AvgIpc) is 2.47. The summed E-state index contributed by atoms with van der Waals surface area (Å²) in [5.74, 6) is 0.621. The third-order valence-corrected chi connectivity index (χ3v) is 4.94. The Kier molecular flexibility index (Phi) is 7.39. The number of benzene rings is 1. The molecule has 0 heterocycles. The molecule has 6 heteroatoms. The number of thioether (sulfide) groups is 1. The van der Waals surface area contributed by atoms with Gasteiger partial charge in [-0.1, -0.05) is 25.4 Å². The molecule has 0 aromatic heterocycles. The van der Waals surface area contributed by atoms with Crippen LogP contribution < -0.4 is 11.1 Å². The quantitative estimate of drug-likeness (QED) is 0.712. The summed E-state index contributed by atoms with van der Waals surface area (Å²) in [6.45, 7) is 6.35. The Morgan fingerprint density at radius 3 is 2.36 bits per heavy atom. The van der Waals surface area contributed by atoms with Gasteiger partial charge in [0.25, 0.3) is 0 Å². The van der Waals surface area contributed by atoms with Gasteiger partial charge in [0, 0.05) is 17.1 Å². The first-order valence-corrected chi connectivity index (χ1v) is 8.69. The number of carbonyl (C=O) groups excluding carboxylic acids is 2. The van der Waals surface area contributed by atoms with Crippen LogP contribution in [0.5, 0.6) is 0 Å². The SMILES string of the molecule is CC(C)C(C)(CN)NC(=O)CSCC(=O)c1ccc(Cl)cc1. The predicted octanol–water partition coefficient (Wildman–Crippen LogP) is 2.75. The summed E-state index contributed by atoms with van der Waals surface area (Å²) < 4.78 is 0. The zero-order valence-corrected chi connectivity index (χ0v) is 14.8. The highest BCUT2D eigenvalue weighted by molar-refractivity contribution is 8.00. The van der Waals surface area contributed by atoms with Gasteiger partial charge >= 0.3 is 0 Å². The van der Waals surface area contributed by atoms with E-state index < -0.39 is 5.54 Å². The van der Waals surface area contributed by atoms with Crippen molar-refractivity contribution in [2.24, 2.45) is 11.7 Å². The summed E-state index contributed by atoms with van der Waals surface area (Å²) in [6.07, 6.45) is 0. The van der Waals surface area contributed by atoms with E-state index in [-0.39, 0.29) is 29.1 Å². The fraction of sp³-hybridized carbons (Fsp3) is 0.500. The lowest BCUT2D eigenvalue weighted by Gasteiger charge is -2.33. The van der Waals surface area contributed by atoms with E-state index in [2.05, 4.69) is 5.32 Å². The lowest BCUT2D eigenvalue weighted by Crippen LogP contribution is -2.55. The van der Waals surface area contributed by atoms with E-state index in [1.807, 2.05) is 20.8 Å². The maximum Gasteiger partial charge on any atom is 0.230 e. The topological polar surface area (TPSA) is 72.2 Å². The first-order chi connectivity index (χ1) is 10.3. The average molecular weight is 343 g/mol. The minimum atomic E-state index is -0.419. The molecule has 0 aliphatic carbocycles. The number of hydrogen-bond acceptors (Lipinski definition) is 4. The lowest BCUT2D eigenvalue weighted by atomic mass is 9.88. The maximum atomic E-state index is 12.0. The molecule has 22 heavy (non-hydrogen) atoms. The molecule has 0 radical (unpaired) electrons. The Bertz CT molecular complexity index is 519. The number of hydrogen-bond donors (Lipinski definition) is 2. The molecular weight excluding hydrogens is 320 g/mol. The van der Waals surface area contributed by atoms with E-state index in [0.29, 0.717) is 17.1 Å². The van der Waals surface area contributed by atoms with Crippen molar-refractivity contribution in [3.8, 4) is 0 Å². The van der Waals surface area contributed by atoms with Crippen molar-refractivity contribution in [1.82, 2.24) is 5.32 Å². The molecule has 0 saturated carbocycles. The zero-order chi connectivity index (χ0) is 16.8. The second-order valence-electron chi connectivity index (χ2n) is 5.75. The van der Waals surface area contributed by atoms with Crippen LogP contribution in [0.2, 0.25) is 5.02 Å². The van der Waals surface area contributed by atoms with Crippen LogP contribution in [-0.2, 0) is 4.79 Å². The van der Waals surface area contributed by atoms with Crippen molar-refractivity contribution in [1.29, 1.82) is 0 Å². The second-order valence-corrected chi connectivity index (χ2v) is 7.17. The van der Waals surface area contributed by atoms with Gasteiger partial charge in [-0.25, -0.2) is 0 Å². The van der Waals surface area contributed by atoms with Crippen LogP contribution in [0.3, 0.4) is 0 Å². The molecule has 1 rings (SSSR count). The number of amides is 1. The van der Waals surface area contributed by atoms with Gasteiger partial charge in [0.15, 0.2) is 5.78 Å². The summed E-state index contributed by atoms with van der Waals surface area (Å²) >= 11 is 7.08. The summed E-state index contributed by atoms with van der Waals surface area (Å²) in [6, 6.07) is 6.74. The van der Waals surface area contributed by atoms with Crippen LogP contribution in [0.15, 0.2) is 24.3 Å². The van der Waals surface area contributed by atoms with Crippen LogP contribution in [0.4, 0.5) is 0 Å². The van der Waals surface area contributed by atoms with E-state index in [1.54, 1.807) is 24.3 Å². The lowest BCUT2D eigenvalue weighted by molar-refractivity contribution is -0.120. The van der Waals surface area contributed by atoms with E-state index in [4.69, 9.17) is 17.3 Å². The molecule has 0 saturated heterocycles. The third-order valence-electron chi connectivity index (χ3n) is 3.76. The fourth-order valence-electron chi connectivity index (χ4n) is 1.74. The first kappa shape index (κ1) is 19.0. The highest BCUT2D eigenvalue weighted by Crippen LogP contribution is 2.16. The van der Waals surface area contributed by atoms with Crippen LogP contribution in [-0.4, -0.2) is 35.3 Å². The van der Waals surface area contributed by atoms with Gasteiger partial charge in [-0.3, -0.25) is 9.59 Å². The van der Waals surface area contributed by atoms with Crippen LogP contribution in [0.1, 0.15) is 31.1 Å². The summed E-state index contributed by atoms with van der Waals surface area (Å²) in [4.78, 5) is 23.9. The number of rotatable bonds is 8.